The third-order valence-electron chi connectivity index (χ3n) is 1.72. The molecule has 0 aliphatic rings. The van der Waals surface area contributed by atoms with Crippen molar-refractivity contribution in [1.82, 2.24) is 4.90 Å². The van der Waals surface area contributed by atoms with Crippen LogP contribution in [0.5, 0.6) is 0 Å². The van der Waals surface area contributed by atoms with Gasteiger partial charge in [-0.1, -0.05) is 15.9 Å². The Morgan fingerprint density at radius 2 is 2.06 bits per heavy atom. The van der Waals surface area contributed by atoms with E-state index < -0.39 is 10.0 Å². The number of sulfonamides is 1. The van der Waals surface area contributed by atoms with Gasteiger partial charge in [-0.25, -0.2) is 0 Å². The summed E-state index contributed by atoms with van der Waals surface area (Å²) >= 11 is 3.15. The normalized spacial score (nSPS) is 11.4. The Bertz CT molecular complexity index is 588. The summed E-state index contributed by atoms with van der Waals surface area (Å²) in [5.74, 6) is 0. The van der Waals surface area contributed by atoms with Gasteiger partial charge in [0.15, 0.2) is 0 Å². The molecule has 0 radical (unpaired) electrons. The molecule has 90 valence electrons. The number of benzene rings is 1. The molecule has 0 fully saturated rings. The maximum Gasteiger partial charge on any atom is 0.283 e. The van der Waals surface area contributed by atoms with E-state index in [1.807, 2.05) is 6.07 Å². The standard InChI is InChI=1S/C10H10BrN3O2S/c1-14(2)7-13-17(15,16)10-4-8(6-12)3-9(11)5-10/h3-5,7H,1-2H3. The van der Waals surface area contributed by atoms with Gasteiger partial charge in [0, 0.05) is 18.6 Å². The number of rotatable bonds is 3. The van der Waals surface area contributed by atoms with Crippen LogP contribution < -0.4 is 0 Å². The molecular formula is C10H10BrN3O2S. The van der Waals surface area contributed by atoms with Gasteiger partial charge < -0.3 is 4.90 Å². The van der Waals surface area contributed by atoms with Crippen molar-refractivity contribution in [2.45, 2.75) is 4.90 Å². The maximum absolute atomic E-state index is 11.8. The average molecular weight is 316 g/mol. The van der Waals surface area contributed by atoms with E-state index in [4.69, 9.17) is 5.26 Å². The number of halogens is 1. The molecule has 0 aliphatic heterocycles. The molecule has 0 spiro atoms. The number of nitrogens with zero attached hydrogens (tertiary/aromatic N) is 3. The topological polar surface area (TPSA) is 73.5 Å². The summed E-state index contributed by atoms with van der Waals surface area (Å²) in [4.78, 5) is 1.50. The van der Waals surface area contributed by atoms with Crippen molar-refractivity contribution in [3.05, 3.63) is 28.2 Å². The molecule has 0 saturated heterocycles. The fraction of sp³-hybridized carbons (Fsp3) is 0.200. The summed E-state index contributed by atoms with van der Waals surface area (Å²) in [6, 6.07) is 6.12. The smallest absolute Gasteiger partial charge is 0.283 e. The minimum Gasteiger partial charge on any atom is -0.368 e. The summed E-state index contributed by atoms with van der Waals surface area (Å²) in [7, 11) is -0.429. The van der Waals surface area contributed by atoms with Gasteiger partial charge in [0.25, 0.3) is 10.0 Å². The van der Waals surface area contributed by atoms with Crippen molar-refractivity contribution in [3.8, 4) is 6.07 Å². The van der Waals surface area contributed by atoms with Crippen LogP contribution in [-0.2, 0) is 10.0 Å². The van der Waals surface area contributed by atoms with E-state index >= 15 is 0 Å². The van der Waals surface area contributed by atoms with Gasteiger partial charge in [-0.2, -0.15) is 13.7 Å². The molecule has 0 unspecified atom stereocenters. The van der Waals surface area contributed by atoms with Crippen LogP contribution in [0.1, 0.15) is 5.56 Å². The van der Waals surface area contributed by atoms with Gasteiger partial charge in [0.05, 0.1) is 16.5 Å². The van der Waals surface area contributed by atoms with Gasteiger partial charge >= 0.3 is 0 Å². The SMILES string of the molecule is CN(C)C=NS(=O)(=O)c1cc(Br)cc(C#N)c1. The van der Waals surface area contributed by atoms with Crippen molar-refractivity contribution in [2.24, 2.45) is 4.40 Å². The molecule has 0 bridgehead atoms. The first-order chi connectivity index (χ1) is 7.85. The van der Waals surface area contributed by atoms with Gasteiger partial charge in [-0.3, -0.25) is 0 Å². The van der Waals surface area contributed by atoms with Crippen molar-refractivity contribution in [3.63, 3.8) is 0 Å². The van der Waals surface area contributed by atoms with E-state index in [0.29, 0.717) is 4.47 Å². The molecule has 1 rings (SSSR count). The zero-order valence-corrected chi connectivity index (χ0v) is 11.7. The molecule has 0 amide bonds. The molecule has 0 aromatic heterocycles. The molecule has 5 nitrogen and oxygen atoms in total. The molecule has 0 aliphatic carbocycles. The largest absolute Gasteiger partial charge is 0.368 e. The Morgan fingerprint density at radius 3 is 2.59 bits per heavy atom. The third-order valence-corrected chi connectivity index (χ3v) is 3.38. The Kier molecular flexibility index (Phi) is 4.26. The highest BCUT2D eigenvalue weighted by molar-refractivity contribution is 9.10. The Hall–Kier alpha value is -1.39. The summed E-state index contributed by atoms with van der Waals surface area (Å²) in [5, 5.41) is 8.76. The van der Waals surface area contributed by atoms with E-state index in [0.717, 1.165) is 0 Å². The van der Waals surface area contributed by atoms with Crippen molar-refractivity contribution in [1.29, 1.82) is 5.26 Å². The summed E-state index contributed by atoms with van der Waals surface area (Å²) in [5.41, 5.74) is 0.262. The third kappa shape index (κ3) is 3.84. The van der Waals surface area contributed by atoms with Crippen LogP contribution >= 0.6 is 15.9 Å². The monoisotopic (exact) mass is 315 g/mol. The predicted octanol–water partition coefficient (Wildman–Crippen LogP) is 1.60. The Morgan fingerprint density at radius 1 is 1.41 bits per heavy atom. The highest BCUT2D eigenvalue weighted by Gasteiger charge is 2.13. The second-order valence-corrected chi connectivity index (χ2v) is 5.99. The quantitative estimate of drug-likeness (QED) is 0.627. The number of hydrogen-bond donors (Lipinski definition) is 0. The fourth-order valence-corrected chi connectivity index (χ4v) is 2.62. The summed E-state index contributed by atoms with van der Waals surface area (Å²) in [6.07, 6.45) is 1.20. The highest BCUT2D eigenvalue weighted by Crippen LogP contribution is 2.20. The van der Waals surface area contributed by atoms with Gasteiger partial charge in [-0.15, -0.1) is 4.40 Å². The lowest BCUT2D eigenvalue weighted by Gasteiger charge is -2.04. The molecule has 0 atom stereocenters. The van der Waals surface area contributed by atoms with Crippen LogP contribution in [0.2, 0.25) is 0 Å². The van der Waals surface area contributed by atoms with Crippen molar-refractivity contribution < 1.29 is 8.42 Å². The molecule has 0 N–H and O–H groups in total. The van der Waals surface area contributed by atoms with Crippen LogP contribution in [0, 0.1) is 11.3 Å². The summed E-state index contributed by atoms with van der Waals surface area (Å²) in [6.45, 7) is 0. The molecule has 0 saturated carbocycles. The van der Waals surface area contributed by atoms with Crippen LogP contribution in [0.3, 0.4) is 0 Å². The number of nitriles is 1. The molecule has 1 aromatic rings. The van der Waals surface area contributed by atoms with Crippen LogP contribution in [0.15, 0.2) is 32.0 Å². The van der Waals surface area contributed by atoms with E-state index in [1.54, 1.807) is 14.1 Å². The van der Waals surface area contributed by atoms with Gasteiger partial charge in [-0.05, 0) is 18.2 Å². The van der Waals surface area contributed by atoms with Crippen molar-refractivity contribution in [2.75, 3.05) is 14.1 Å². The lowest BCUT2D eigenvalue weighted by atomic mass is 10.2. The zero-order valence-electron chi connectivity index (χ0n) is 9.25. The highest BCUT2D eigenvalue weighted by atomic mass is 79.9. The first kappa shape index (κ1) is 13.7. The second-order valence-electron chi connectivity index (χ2n) is 3.45. The molecule has 17 heavy (non-hydrogen) atoms. The van der Waals surface area contributed by atoms with E-state index in [-0.39, 0.29) is 10.5 Å². The van der Waals surface area contributed by atoms with Gasteiger partial charge in [0.1, 0.15) is 6.34 Å². The lowest BCUT2D eigenvalue weighted by Crippen LogP contribution is -2.10. The van der Waals surface area contributed by atoms with Crippen LogP contribution in [-0.4, -0.2) is 33.8 Å². The van der Waals surface area contributed by atoms with E-state index in [1.165, 1.54) is 29.4 Å². The average Bonchev–Trinajstić information content (AvgIpc) is 2.25. The summed E-state index contributed by atoms with van der Waals surface area (Å²) < 4.78 is 27.6. The van der Waals surface area contributed by atoms with E-state index in [9.17, 15) is 8.42 Å². The Labute approximate surface area is 109 Å². The molecular weight excluding hydrogens is 306 g/mol. The fourth-order valence-electron chi connectivity index (χ4n) is 0.993. The molecule has 0 heterocycles. The zero-order chi connectivity index (χ0) is 13.1. The first-order valence-electron chi connectivity index (χ1n) is 4.53. The van der Waals surface area contributed by atoms with Gasteiger partial charge in [0.2, 0.25) is 0 Å². The minimum absolute atomic E-state index is 0.0125. The van der Waals surface area contributed by atoms with Crippen LogP contribution in [0.4, 0.5) is 0 Å². The Balaban J connectivity index is 3.25. The van der Waals surface area contributed by atoms with Crippen molar-refractivity contribution >= 4 is 32.3 Å². The predicted molar refractivity (Wildman–Crippen MR) is 68.2 cm³/mol. The molecule has 7 heteroatoms. The lowest BCUT2D eigenvalue weighted by molar-refractivity contribution is 0.594. The number of hydrogen-bond acceptors (Lipinski definition) is 3. The van der Waals surface area contributed by atoms with Crippen LogP contribution in [0.25, 0.3) is 0 Å². The minimum atomic E-state index is -3.76. The molecule has 1 aromatic carbocycles. The second kappa shape index (κ2) is 5.29. The van der Waals surface area contributed by atoms with E-state index in [2.05, 4.69) is 20.3 Å². The maximum atomic E-state index is 11.8. The first-order valence-corrected chi connectivity index (χ1v) is 6.76.